The van der Waals surface area contributed by atoms with Crippen LogP contribution in [0.25, 0.3) is 0 Å². The summed E-state index contributed by atoms with van der Waals surface area (Å²) in [7, 11) is 0. The first kappa shape index (κ1) is 5.45. The second-order valence-electron chi connectivity index (χ2n) is 1.84. The fourth-order valence-electron chi connectivity index (χ4n) is 0.685. The zero-order valence-electron chi connectivity index (χ0n) is 4.26. The summed E-state index contributed by atoms with van der Waals surface area (Å²) in [5, 5.41) is 0.605. The highest BCUT2D eigenvalue weighted by molar-refractivity contribution is 7.80. The quantitative estimate of drug-likeness (QED) is 0.468. The lowest BCUT2D eigenvalue weighted by molar-refractivity contribution is 0.100. The van der Waals surface area contributed by atoms with E-state index < -0.39 is 0 Å². The highest BCUT2D eigenvalue weighted by Crippen LogP contribution is 2.11. The van der Waals surface area contributed by atoms with Gasteiger partial charge in [-0.25, -0.2) is 0 Å². The van der Waals surface area contributed by atoms with Crippen molar-refractivity contribution >= 4 is 12.6 Å². The predicted octanol–water partition coefficient (Wildman–Crippen LogP) is 1.10. The van der Waals surface area contributed by atoms with Gasteiger partial charge in [0.1, 0.15) is 0 Å². The van der Waals surface area contributed by atoms with Gasteiger partial charge in [-0.15, -0.1) is 0 Å². The third-order valence-corrected chi connectivity index (χ3v) is 1.71. The Balaban J connectivity index is 2.12. The average Bonchev–Trinajstić information content (AvgIpc) is 1.69. The molecule has 1 heterocycles. The molecule has 0 unspecified atom stereocenters. The summed E-state index contributed by atoms with van der Waals surface area (Å²) in [6.07, 6.45) is 2.26. The molecule has 0 radical (unpaired) electrons. The molecule has 0 aromatic carbocycles. The Morgan fingerprint density at radius 3 is 2.14 bits per heavy atom. The van der Waals surface area contributed by atoms with Crippen LogP contribution >= 0.6 is 12.6 Å². The summed E-state index contributed by atoms with van der Waals surface area (Å²) in [5.41, 5.74) is 0. The molecule has 0 aliphatic carbocycles. The lowest BCUT2D eigenvalue weighted by Gasteiger charge is -2.15. The molecule has 0 amide bonds. The third-order valence-electron chi connectivity index (χ3n) is 1.19. The van der Waals surface area contributed by atoms with Crippen molar-refractivity contribution in [1.82, 2.24) is 0 Å². The van der Waals surface area contributed by atoms with Crippen LogP contribution in [0.3, 0.4) is 0 Å². The van der Waals surface area contributed by atoms with Crippen LogP contribution in [0.15, 0.2) is 0 Å². The normalized spacial score (nSPS) is 25.3. The van der Waals surface area contributed by atoms with Gasteiger partial charge in [-0.05, 0) is 12.8 Å². The standard InChI is InChI=1S/C5H10OS/c7-5-1-3-6-4-2-5/h5,7H,1-4H2. The molecule has 0 bridgehead atoms. The van der Waals surface area contributed by atoms with Gasteiger partial charge in [0.15, 0.2) is 0 Å². The fourth-order valence-corrected chi connectivity index (χ4v) is 0.896. The van der Waals surface area contributed by atoms with E-state index in [1.54, 1.807) is 0 Å². The second kappa shape index (κ2) is 2.58. The first-order valence-corrected chi connectivity index (χ1v) is 3.17. The lowest BCUT2D eigenvalue weighted by Crippen LogP contribution is -2.14. The predicted molar refractivity (Wildman–Crippen MR) is 32.8 cm³/mol. The minimum absolute atomic E-state index is 0.605. The van der Waals surface area contributed by atoms with E-state index in [2.05, 4.69) is 12.6 Å². The zero-order valence-corrected chi connectivity index (χ0v) is 5.16. The smallest absolute Gasteiger partial charge is 0.0476 e. The number of ether oxygens (including phenoxy) is 1. The number of thiol groups is 1. The summed E-state index contributed by atoms with van der Waals surface area (Å²) >= 11 is 4.28. The lowest BCUT2D eigenvalue weighted by atomic mass is 10.2. The van der Waals surface area contributed by atoms with Crippen LogP contribution in [0.2, 0.25) is 0 Å². The maximum absolute atomic E-state index is 5.09. The van der Waals surface area contributed by atoms with Gasteiger partial charge in [-0.1, -0.05) is 0 Å². The molecule has 1 rings (SSSR count). The summed E-state index contributed by atoms with van der Waals surface area (Å²) < 4.78 is 5.09. The Morgan fingerprint density at radius 2 is 1.86 bits per heavy atom. The van der Waals surface area contributed by atoms with Gasteiger partial charge < -0.3 is 4.74 Å². The average molecular weight is 118 g/mol. The number of rotatable bonds is 0. The summed E-state index contributed by atoms with van der Waals surface area (Å²) in [6.45, 7) is 1.82. The third kappa shape index (κ3) is 1.70. The molecule has 0 N–H and O–H groups in total. The van der Waals surface area contributed by atoms with Crippen molar-refractivity contribution in [3.63, 3.8) is 0 Å². The van der Waals surface area contributed by atoms with Gasteiger partial charge in [-0.2, -0.15) is 12.6 Å². The summed E-state index contributed by atoms with van der Waals surface area (Å²) in [4.78, 5) is 0. The zero-order chi connectivity index (χ0) is 5.11. The highest BCUT2D eigenvalue weighted by Gasteiger charge is 2.07. The van der Waals surface area contributed by atoms with Crippen molar-refractivity contribution in [3.8, 4) is 0 Å². The van der Waals surface area contributed by atoms with E-state index in [0.29, 0.717) is 5.25 Å². The SMILES string of the molecule is SC1CCOCC1. The molecular formula is C5H10OS. The van der Waals surface area contributed by atoms with Crippen molar-refractivity contribution < 1.29 is 4.74 Å². The second-order valence-corrected chi connectivity index (χ2v) is 2.57. The van der Waals surface area contributed by atoms with Crippen LogP contribution in [-0.2, 0) is 4.74 Å². The number of hydrogen-bond acceptors (Lipinski definition) is 2. The highest BCUT2D eigenvalue weighted by atomic mass is 32.1. The van der Waals surface area contributed by atoms with Crippen molar-refractivity contribution in [2.24, 2.45) is 0 Å². The first-order chi connectivity index (χ1) is 3.39. The van der Waals surface area contributed by atoms with Crippen LogP contribution in [-0.4, -0.2) is 18.5 Å². The maximum Gasteiger partial charge on any atom is 0.0476 e. The molecule has 1 saturated heterocycles. The van der Waals surface area contributed by atoms with E-state index in [0.717, 1.165) is 26.1 Å². The minimum Gasteiger partial charge on any atom is -0.381 e. The molecule has 1 fully saturated rings. The molecule has 0 aromatic heterocycles. The van der Waals surface area contributed by atoms with E-state index >= 15 is 0 Å². The van der Waals surface area contributed by atoms with Gasteiger partial charge >= 0.3 is 0 Å². The largest absolute Gasteiger partial charge is 0.381 e. The monoisotopic (exact) mass is 118 g/mol. The van der Waals surface area contributed by atoms with E-state index in [-0.39, 0.29) is 0 Å². The Hall–Kier alpha value is 0.310. The van der Waals surface area contributed by atoms with Crippen LogP contribution in [0, 0.1) is 0 Å². The summed E-state index contributed by atoms with van der Waals surface area (Å²) in [6, 6.07) is 0. The molecule has 1 nitrogen and oxygen atoms in total. The van der Waals surface area contributed by atoms with Gasteiger partial charge in [0, 0.05) is 18.5 Å². The molecule has 1 aliphatic heterocycles. The summed E-state index contributed by atoms with van der Waals surface area (Å²) in [5.74, 6) is 0. The first-order valence-electron chi connectivity index (χ1n) is 2.65. The van der Waals surface area contributed by atoms with E-state index in [1.165, 1.54) is 0 Å². The molecule has 1 aliphatic rings. The molecule has 2 heteroatoms. The Labute approximate surface area is 49.5 Å². The van der Waals surface area contributed by atoms with Gasteiger partial charge in [0.2, 0.25) is 0 Å². The van der Waals surface area contributed by atoms with Gasteiger partial charge in [0.05, 0.1) is 0 Å². The van der Waals surface area contributed by atoms with Crippen molar-refractivity contribution in [3.05, 3.63) is 0 Å². The van der Waals surface area contributed by atoms with Crippen LogP contribution in [0.1, 0.15) is 12.8 Å². The van der Waals surface area contributed by atoms with E-state index in [1.807, 2.05) is 0 Å². The van der Waals surface area contributed by atoms with Gasteiger partial charge in [-0.3, -0.25) is 0 Å². The molecule has 42 valence electrons. The Morgan fingerprint density at radius 1 is 1.29 bits per heavy atom. The molecule has 7 heavy (non-hydrogen) atoms. The maximum atomic E-state index is 5.09. The van der Waals surface area contributed by atoms with Crippen molar-refractivity contribution in [2.75, 3.05) is 13.2 Å². The topological polar surface area (TPSA) is 9.23 Å². The van der Waals surface area contributed by atoms with Crippen LogP contribution in [0.4, 0.5) is 0 Å². The molecular weight excluding hydrogens is 108 g/mol. The molecule has 0 spiro atoms. The molecule has 0 atom stereocenters. The molecule has 0 saturated carbocycles. The Kier molecular flexibility index (Phi) is 2.00. The number of hydrogen-bond donors (Lipinski definition) is 1. The molecule has 0 aromatic rings. The van der Waals surface area contributed by atoms with Crippen LogP contribution in [0.5, 0.6) is 0 Å². The van der Waals surface area contributed by atoms with Crippen LogP contribution < -0.4 is 0 Å². The van der Waals surface area contributed by atoms with Gasteiger partial charge in [0.25, 0.3) is 0 Å². The van der Waals surface area contributed by atoms with Crippen molar-refractivity contribution in [2.45, 2.75) is 18.1 Å². The minimum atomic E-state index is 0.605. The van der Waals surface area contributed by atoms with E-state index in [4.69, 9.17) is 4.74 Å². The van der Waals surface area contributed by atoms with E-state index in [9.17, 15) is 0 Å². The Bertz CT molecular complexity index is 50.0. The van der Waals surface area contributed by atoms with Crippen molar-refractivity contribution in [1.29, 1.82) is 0 Å². The fraction of sp³-hybridized carbons (Fsp3) is 1.00.